The average molecular weight is 522 g/mol. The van der Waals surface area contributed by atoms with Gasteiger partial charge >= 0.3 is 5.76 Å². The molecule has 4 rings (SSSR count). The molecule has 1 aliphatic carbocycles. The van der Waals surface area contributed by atoms with E-state index in [-0.39, 0.29) is 11.3 Å². The largest absolute Gasteiger partial charge is 0.441 e. The van der Waals surface area contributed by atoms with Crippen LogP contribution in [0.3, 0.4) is 0 Å². The van der Waals surface area contributed by atoms with E-state index in [9.17, 15) is 14.9 Å². The van der Waals surface area contributed by atoms with Crippen LogP contribution in [0.2, 0.25) is 0 Å². The topological polar surface area (TPSA) is 111 Å². The van der Waals surface area contributed by atoms with E-state index < -0.39 is 17.3 Å². The van der Waals surface area contributed by atoms with Crippen molar-refractivity contribution in [3.63, 3.8) is 0 Å². The van der Waals surface area contributed by atoms with Gasteiger partial charge in [-0.25, -0.2) is 4.79 Å². The maximum Gasteiger partial charge on any atom is 0.441 e. The zero-order valence-electron chi connectivity index (χ0n) is 23.4. The van der Waals surface area contributed by atoms with Crippen LogP contribution in [0.25, 0.3) is 11.0 Å². The molecule has 0 radical (unpaired) electrons. The molecule has 0 unspecified atom stereocenters. The number of nitrogens with zero attached hydrogens (tertiary/aromatic N) is 3. The van der Waals surface area contributed by atoms with Gasteiger partial charge in [0, 0.05) is 13.1 Å². The Labute approximate surface area is 226 Å². The first-order chi connectivity index (χ1) is 18.1. The van der Waals surface area contributed by atoms with E-state index in [0.717, 1.165) is 51.7 Å². The summed E-state index contributed by atoms with van der Waals surface area (Å²) < 4.78 is 5.27. The summed E-state index contributed by atoms with van der Waals surface area (Å²) in [7, 11) is 0. The molecule has 2 fully saturated rings. The molecule has 1 saturated heterocycles. The second kappa shape index (κ2) is 11.9. The Morgan fingerprint density at radius 2 is 1.89 bits per heavy atom. The predicted molar refractivity (Wildman–Crippen MR) is 150 cm³/mol. The van der Waals surface area contributed by atoms with Gasteiger partial charge in [-0.05, 0) is 74.5 Å². The van der Waals surface area contributed by atoms with Gasteiger partial charge in [-0.2, -0.15) is 10.2 Å². The van der Waals surface area contributed by atoms with Crippen LogP contribution in [-0.2, 0) is 4.79 Å². The van der Waals surface area contributed by atoms with Crippen molar-refractivity contribution in [2.45, 2.75) is 90.6 Å². The van der Waals surface area contributed by atoms with Gasteiger partial charge in [0.1, 0.15) is 23.0 Å². The molecule has 1 atom stereocenters. The number of nitrogens with one attached hydrogen (secondary N) is 2. The van der Waals surface area contributed by atoms with Crippen LogP contribution in [0.4, 0.5) is 5.82 Å². The van der Waals surface area contributed by atoms with E-state index in [4.69, 9.17) is 4.42 Å². The minimum atomic E-state index is -0.879. The lowest BCUT2D eigenvalue weighted by atomic mass is 9.69. The summed E-state index contributed by atoms with van der Waals surface area (Å²) in [5.74, 6) is 0.510. The Bertz CT molecular complexity index is 1190. The van der Waals surface area contributed by atoms with E-state index in [1.54, 1.807) is 12.1 Å². The van der Waals surface area contributed by atoms with Crippen LogP contribution in [0.1, 0.15) is 79.1 Å². The lowest BCUT2D eigenvalue weighted by Gasteiger charge is -2.39. The molecule has 1 amide bonds. The van der Waals surface area contributed by atoms with E-state index in [1.807, 2.05) is 12.1 Å². The lowest BCUT2D eigenvalue weighted by Crippen LogP contribution is -2.57. The molecular weight excluding hydrogens is 478 g/mol. The molecule has 0 spiro atoms. The molecule has 2 N–H and O–H groups in total. The number of hydrogen-bond donors (Lipinski definition) is 2. The normalized spacial score (nSPS) is 22.9. The average Bonchev–Trinajstić information content (AvgIpc) is 2.89. The second-order valence-electron chi connectivity index (χ2n) is 12.4. The van der Waals surface area contributed by atoms with Gasteiger partial charge < -0.3 is 20.0 Å². The Hall–Kier alpha value is -2.92. The molecule has 1 saturated carbocycles. The van der Waals surface area contributed by atoms with E-state index in [0.29, 0.717) is 47.9 Å². The Balaban J connectivity index is 1.54. The molecule has 206 valence electrons. The quantitative estimate of drug-likeness (QED) is 0.497. The molecule has 8 heteroatoms. The number of amides is 1. The third-order valence-electron chi connectivity index (χ3n) is 8.64. The highest BCUT2D eigenvalue weighted by Crippen LogP contribution is 2.41. The van der Waals surface area contributed by atoms with Gasteiger partial charge in [-0.1, -0.05) is 52.7 Å². The maximum atomic E-state index is 13.8. The van der Waals surface area contributed by atoms with Crippen LogP contribution in [0.15, 0.2) is 33.5 Å². The molecule has 1 aromatic heterocycles. The Kier molecular flexibility index (Phi) is 8.77. The van der Waals surface area contributed by atoms with E-state index in [2.05, 4.69) is 54.3 Å². The number of benzene rings is 1. The first kappa shape index (κ1) is 28.1. The van der Waals surface area contributed by atoms with Crippen LogP contribution < -0.4 is 16.4 Å². The minimum Gasteiger partial charge on any atom is -0.408 e. The molecule has 0 bridgehead atoms. The summed E-state index contributed by atoms with van der Waals surface area (Å²) in [5.41, 5.74) is -0.167. The van der Waals surface area contributed by atoms with Crippen molar-refractivity contribution in [3.8, 4) is 6.07 Å². The number of carbonyl (C=O) groups is 1. The highest BCUT2D eigenvalue weighted by atomic mass is 16.4. The van der Waals surface area contributed by atoms with Crippen molar-refractivity contribution >= 4 is 22.7 Å². The fourth-order valence-electron chi connectivity index (χ4n) is 6.19. The SMILES string of the molecule is CCCN1CCC(C#N)(NC(=O)[C@@H](CC2CCC(C(C)(C)C)CC2)Nc2nc(=O)oc3ccccc23)CC1. The summed E-state index contributed by atoms with van der Waals surface area (Å²) in [5, 5.41) is 17.2. The van der Waals surface area contributed by atoms with Gasteiger partial charge in [-0.15, -0.1) is 0 Å². The number of hydrogen-bond acceptors (Lipinski definition) is 7. The fourth-order valence-corrected chi connectivity index (χ4v) is 6.19. The standard InChI is InChI=1S/C30H43N5O3/c1-5-16-35-17-14-30(20-31,15-18-35)34-27(36)24(19-21-10-12-22(13-11-21)29(2,3)4)32-26-23-8-6-7-9-25(23)38-28(37)33-26/h6-9,21-22,24H,5,10-19H2,1-4H3,(H,34,36)(H,32,33,37)/t21?,22?,24-/m1/s1. The van der Waals surface area contributed by atoms with Crippen molar-refractivity contribution in [1.29, 1.82) is 5.26 Å². The predicted octanol–water partition coefficient (Wildman–Crippen LogP) is 5.10. The van der Waals surface area contributed by atoms with Crippen LogP contribution in [-0.4, -0.2) is 47.0 Å². The van der Waals surface area contributed by atoms with Crippen molar-refractivity contribution in [2.75, 3.05) is 25.0 Å². The van der Waals surface area contributed by atoms with Crippen molar-refractivity contribution in [2.24, 2.45) is 17.3 Å². The zero-order chi connectivity index (χ0) is 27.3. The first-order valence-electron chi connectivity index (χ1n) is 14.2. The third-order valence-corrected chi connectivity index (χ3v) is 8.64. The summed E-state index contributed by atoms with van der Waals surface area (Å²) in [6.07, 6.45) is 7.33. The zero-order valence-corrected chi connectivity index (χ0v) is 23.4. The van der Waals surface area contributed by atoms with Gasteiger partial charge in [0.05, 0.1) is 11.5 Å². The van der Waals surface area contributed by atoms with E-state index in [1.165, 1.54) is 0 Å². The number of aromatic nitrogens is 1. The number of nitriles is 1. The van der Waals surface area contributed by atoms with Crippen LogP contribution in [0.5, 0.6) is 0 Å². The highest BCUT2D eigenvalue weighted by molar-refractivity contribution is 5.91. The minimum absolute atomic E-state index is 0.201. The van der Waals surface area contributed by atoms with Crippen LogP contribution >= 0.6 is 0 Å². The first-order valence-corrected chi connectivity index (χ1v) is 14.2. The molecular formula is C30H43N5O3. The maximum absolute atomic E-state index is 13.8. The van der Waals surface area contributed by atoms with Gasteiger partial charge in [0.15, 0.2) is 0 Å². The fraction of sp³-hybridized carbons (Fsp3) is 0.667. The monoisotopic (exact) mass is 521 g/mol. The van der Waals surface area contributed by atoms with Gasteiger partial charge in [-0.3, -0.25) is 4.79 Å². The summed E-state index contributed by atoms with van der Waals surface area (Å²) >= 11 is 0. The van der Waals surface area contributed by atoms with Crippen LogP contribution in [0, 0.1) is 28.6 Å². The summed E-state index contributed by atoms with van der Waals surface area (Å²) in [6, 6.07) is 9.03. The van der Waals surface area contributed by atoms with Crippen molar-refractivity contribution in [3.05, 3.63) is 34.8 Å². The molecule has 38 heavy (non-hydrogen) atoms. The Morgan fingerprint density at radius 3 is 2.53 bits per heavy atom. The molecule has 1 aliphatic heterocycles. The highest BCUT2D eigenvalue weighted by Gasteiger charge is 2.39. The van der Waals surface area contributed by atoms with Crippen molar-refractivity contribution < 1.29 is 9.21 Å². The van der Waals surface area contributed by atoms with Gasteiger partial charge in [0.25, 0.3) is 0 Å². The number of fused-ring (bicyclic) bond motifs is 1. The number of para-hydroxylation sites is 1. The smallest absolute Gasteiger partial charge is 0.408 e. The molecule has 8 nitrogen and oxygen atoms in total. The lowest BCUT2D eigenvalue weighted by molar-refractivity contribution is -0.124. The number of anilines is 1. The number of likely N-dealkylation sites (tertiary alicyclic amines) is 1. The number of piperidine rings is 1. The number of carbonyl (C=O) groups excluding carboxylic acids is 1. The molecule has 1 aromatic carbocycles. The molecule has 2 aromatic rings. The molecule has 2 heterocycles. The summed E-state index contributed by atoms with van der Waals surface area (Å²) in [4.78, 5) is 32.5. The summed E-state index contributed by atoms with van der Waals surface area (Å²) in [6.45, 7) is 11.7. The third kappa shape index (κ3) is 6.74. The second-order valence-corrected chi connectivity index (χ2v) is 12.4. The molecule has 2 aliphatic rings. The van der Waals surface area contributed by atoms with E-state index >= 15 is 0 Å². The number of rotatable bonds is 8. The van der Waals surface area contributed by atoms with Crippen molar-refractivity contribution in [1.82, 2.24) is 15.2 Å². The van der Waals surface area contributed by atoms with Gasteiger partial charge in [0.2, 0.25) is 5.91 Å². The Morgan fingerprint density at radius 1 is 1.21 bits per heavy atom.